The van der Waals surface area contributed by atoms with Crippen LogP contribution in [-0.4, -0.2) is 21.1 Å². The summed E-state index contributed by atoms with van der Waals surface area (Å²) in [6, 6.07) is 15.3. The molecule has 2 nitrogen and oxygen atoms in total. The lowest BCUT2D eigenvalue weighted by Crippen LogP contribution is -2.29. The van der Waals surface area contributed by atoms with Gasteiger partial charge in [0.2, 0.25) is 0 Å². The van der Waals surface area contributed by atoms with E-state index in [0.717, 1.165) is 10.2 Å². The number of hydrogen-bond donors (Lipinski definition) is 0. The molecule has 2 radical (unpaired) electrons. The van der Waals surface area contributed by atoms with Crippen LogP contribution in [-0.2, 0) is 0 Å². The molecule has 0 atom stereocenters. The first-order valence-corrected chi connectivity index (χ1v) is 7.62. The second-order valence-corrected chi connectivity index (χ2v) is 6.56. The Labute approximate surface area is 136 Å². The van der Waals surface area contributed by atoms with E-state index in [1.54, 1.807) is 0 Å². The lowest BCUT2D eigenvalue weighted by molar-refractivity contribution is 0.111. The van der Waals surface area contributed by atoms with Crippen molar-refractivity contribution in [1.29, 1.82) is 0 Å². The SMILES string of the molecule is [B]c1ccccc1OCC(C)(C)COc1ccccc1Br. The maximum atomic E-state index is 5.87. The normalized spacial score (nSPS) is 11.2. The second-order valence-electron chi connectivity index (χ2n) is 5.71. The molecule has 0 aliphatic heterocycles. The molecule has 0 saturated heterocycles. The Morgan fingerprint density at radius 2 is 1.43 bits per heavy atom. The van der Waals surface area contributed by atoms with Crippen LogP contribution >= 0.6 is 15.9 Å². The monoisotopic (exact) mass is 344 g/mol. The van der Waals surface area contributed by atoms with Crippen LogP contribution in [0.25, 0.3) is 0 Å². The van der Waals surface area contributed by atoms with Gasteiger partial charge < -0.3 is 9.47 Å². The third-order valence-electron chi connectivity index (χ3n) is 2.99. The molecule has 0 amide bonds. The molecular weight excluding hydrogens is 327 g/mol. The van der Waals surface area contributed by atoms with E-state index in [2.05, 4.69) is 29.8 Å². The van der Waals surface area contributed by atoms with E-state index in [0.29, 0.717) is 24.4 Å². The molecule has 0 spiro atoms. The smallest absolute Gasteiger partial charge is 0.133 e. The van der Waals surface area contributed by atoms with E-state index in [-0.39, 0.29) is 5.41 Å². The van der Waals surface area contributed by atoms with Crippen molar-refractivity contribution >= 4 is 29.2 Å². The van der Waals surface area contributed by atoms with Gasteiger partial charge in [-0.3, -0.25) is 0 Å². The summed E-state index contributed by atoms with van der Waals surface area (Å²) < 4.78 is 12.6. The zero-order valence-corrected chi connectivity index (χ0v) is 13.9. The van der Waals surface area contributed by atoms with Crippen molar-refractivity contribution in [2.75, 3.05) is 13.2 Å². The van der Waals surface area contributed by atoms with Crippen LogP contribution in [0.4, 0.5) is 0 Å². The molecule has 108 valence electrons. The molecule has 0 fully saturated rings. The molecule has 0 aromatic heterocycles. The van der Waals surface area contributed by atoms with Gasteiger partial charge in [-0.05, 0) is 34.1 Å². The fourth-order valence-electron chi connectivity index (χ4n) is 1.76. The maximum absolute atomic E-state index is 5.87. The van der Waals surface area contributed by atoms with Crippen molar-refractivity contribution in [3.63, 3.8) is 0 Å². The Morgan fingerprint density at radius 3 is 2.05 bits per heavy atom. The van der Waals surface area contributed by atoms with E-state index in [1.165, 1.54) is 0 Å². The van der Waals surface area contributed by atoms with Gasteiger partial charge in [0, 0.05) is 5.41 Å². The van der Waals surface area contributed by atoms with E-state index >= 15 is 0 Å². The number of para-hydroxylation sites is 2. The molecule has 0 N–H and O–H groups in total. The molecule has 2 aromatic rings. The molecule has 2 aromatic carbocycles. The van der Waals surface area contributed by atoms with E-state index < -0.39 is 0 Å². The minimum Gasteiger partial charge on any atom is -0.494 e. The summed E-state index contributed by atoms with van der Waals surface area (Å²) in [4.78, 5) is 0. The first-order valence-electron chi connectivity index (χ1n) is 6.83. The molecule has 0 bridgehead atoms. The molecule has 0 heterocycles. The van der Waals surface area contributed by atoms with Crippen LogP contribution in [0.15, 0.2) is 53.0 Å². The summed E-state index contributed by atoms with van der Waals surface area (Å²) >= 11 is 3.48. The number of ether oxygens (including phenoxy) is 2. The highest BCUT2D eigenvalue weighted by Crippen LogP contribution is 2.26. The van der Waals surface area contributed by atoms with Gasteiger partial charge in [-0.1, -0.05) is 49.6 Å². The van der Waals surface area contributed by atoms with Gasteiger partial charge in [0.1, 0.15) is 19.3 Å². The van der Waals surface area contributed by atoms with Crippen molar-refractivity contribution in [3.05, 3.63) is 53.0 Å². The first-order chi connectivity index (χ1) is 9.98. The van der Waals surface area contributed by atoms with Gasteiger partial charge in [0.05, 0.1) is 17.7 Å². The second kappa shape index (κ2) is 7.03. The minimum absolute atomic E-state index is 0.127. The number of hydrogen-bond acceptors (Lipinski definition) is 2. The summed E-state index contributed by atoms with van der Waals surface area (Å²) in [7, 11) is 5.87. The summed E-state index contributed by atoms with van der Waals surface area (Å²) in [6.45, 7) is 5.29. The quantitative estimate of drug-likeness (QED) is 0.743. The predicted octanol–water partition coefficient (Wildman–Crippen LogP) is 3.73. The van der Waals surface area contributed by atoms with Crippen LogP contribution in [0.5, 0.6) is 11.5 Å². The van der Waals surface area contributed by atoms with Crippen molar-refractivity contribution in [2.24, 2.45) is 5.41 Å². The van der Waals surface area contributed by atoms with Crippen LogP contribution < -0.4 is 14.9 Å². The van der Waals surface area contributed by atoms with Gasteiger partial charge in [-0.25, -0.2) is 0 Å². The van der Waals surface area contributed by atoms with Gasteiger partial charge in [0.25, 0.3) is 0 Å². The van der Waals surface area contributed by atoms with E-state index in [4.69, 9.17) is 17.3 Å². The Bertz CT molecular complexity index is 547. The largest absolute Gasteiger partial charge is 0.494 e. The van der Waals surface area contributed by atoms with Crippen molar-refractivity contribution < 1.29 is 9.47 Å². The Hall–Kier alpha value is -1.42. The van der Waals surface area contributed by atoms with Crippen LogP contribution in [0, 0.1) is 5.41 Å². The van der Waals surface area contributed by atoms with Crippen molar-refractivity contribution in [1.82, 2.24) is 0 Å². The third-order valence-corrected chi connectivity index (χ3v) is 3.65. The standard InChI is InChI=1S/C17H18BBrO2/c1-17(2,11-20-15-9-5-3-7-13(15)18)12-21-16-10-6-4-8-14(16)19/h3-10H,11-12H2,1-2H3. The molecule has 0 aliphatic rings. The average molecular weight is 345 g/mol. The van der Waals surface area contributed by atoms with Crippen LogP contribution in [0.2, 0.25) is 0 Å². The fraction of sp³-hybridized carbons (Fsp3) is 0.294. The topological polar surface area (TPSA) is 18.5 Å². The van der Waals surface area contributed by atoms with Crippen LogP contribution in [0.3, 0.4) is 0 Å². The summed E-state index contributed by atoms with van der Waals surface area (Å²) in [5, 5.41) is 0. The maximum Gasteiger partial charge on any atom is 0.133 e. The van der Waals surface area contributed by atoms with Gasteiger partial charge in [0.15, 0.2) is 0 Å². The fourth-order valence-corrected chi connectivity index (χ4v) is 2.16. The predicted molar refractivity (Wildman–Crippen MR) is 90.7 cm³/mol. The highest BCUT2D eigenvalue weighted by atomic mass is 79.9. The van der Waals surface area contributed by atoms with Crippen molar-refractivity contribution in [2.45, 2.75) is 13.8 Å². The van der Waals surface area contributed by atoms with E-state index in [9.17, 15) is 0 Å². The average Bonchev–Trinajstić information content (AvgIpc) is 2.46. The Balaban J connectivity index is 1.90. The lowest BCUT2D eigenvalue weighted by Gasteiger charge is -2.25. The van der Waals surface area contributed by atoms with Crippen LogP contribution in [0.1, 0.15) is 13.8 Å². The highest BCUT2D eigenvalue weighted by Gasteiger charge is 2.21. The first kappa shape index (κ1) is 16.0. The molecule has 0 unspecified atom stereocenters. The Morgan fingerprint density at radius 1 is 0.905 bits per heavy atom. The third kappa shape index (κ3) is 4.81. The molecule has 2 rings (SSSR count). The van der Waals surface area contributed by atoms with Crippen molar-refractivity contribution in [3.8, 4) is 11.5 Å². The lowest BCUT2D eigenvalue weighted by atomic mass is 9.94. The zero-order valence-electron chi connectivity index (χ0n) is 12.3. The minimum atomic E-state index is -0.127. The number of rotatable bonds is 6. The summed E-state index contributed by atoms with van der Waals surface area (Å²) in [6.07, 6.45) is 0. The summed E-state index contributed by atoms with van der Waals surface area (Å²) in [5.41, 5.74) is 0.525. The number of halogens is 1. The molecule has 0 saturated carbocycles. The Kier molecular flexibility index (Phi) is 5.35. The van der Waals surface area contributed by atoms with Gasteiger partial charge in [-0.15, -0.1) is 0 Å². The molecular formula is C17H18BBrO2. The van der Waals surface area contributed by atoms with Gasteiger partial charge >= 0.3 is 0 Å². The summed E-state index contributed by atoms with van der Waals surface area (Å²) in [5.74, 6) is 1.55. The highest BCUT2D eigenvalue weighted by molar-refractivity contribution is 9.10. The molecule has 4 heteroatoms. The number of benzene rings is 2. The molecule has 0 aliphatic carbocycles. The van der Waals surface area contributed by atoms with Gasteiger partial charge in [-0.2, -0.15) is 0 Å². The zero-order chi connectivity index (χ0) is 15.3. The van der Waals surface area contributed by atoms with E-state index in [1.807, 2.05) is 48.5 Å². The molecule has 21 heavy (non-hydrogen) atoms.